The maximum Gasteiger partial charge on any atom is 0.185 e. The molecule has 0 fully saturated rings. The zero-order valence-electron chi connectivity index (χ0n) is 21.6. The molecule has 0 heterocycles. The van der Waals surface area contributed by atoms with Crippen molar-refractivity contribution >= 4 is 0 Å². The molecule has 1 atom stereocenters. The molecule has 0 saturated heterocycles. The van der Waals surface area contributed by atoms with Gasteiger partial charge in [0.25, 0.3) is 0 Å². The summed E-state index contributed by atoms with van der Waals surface area (Å²) in [5.74, 6) is -1.56. The highest BCUT2D eigenvalue weighted by molar-refractivity contribution is 5.15. The highest BCUT2D eigenvalue weighted by atomic mass is 16.3. The number of hydrogen-bond acceptors (Lipinski definition) is 7. The molecule has 7 heteroatoms. The predicted molar refractivity (Wildman–Crippen MR) is 141 cm³/mol. The molecule has 0 saturated carbocycles. The van der Waals surface area contributed by atoms with E-state index in [1.807, 2.05) is 49.3 Å². The Morgan fingerprint density at radius 1 is 0.853 bits per heavy atom. The van der Waals surface area contributed by atoms with Crippen molar-refractivity contribution in [1.29, 1.82) is 0 Å². The van der Waals surface area contributed by atoms with Crippen molar-refractivity contribution in [2.45, 2.75) is 77.2 Å². The topological polar surface area (TPSA) is 88.8 Å². The standard InChI is InChI=1S/C27H46N6O/c1-5-26(2,3)31-27(28,34)23-33(30-22-25-19-13-9-14-20-25)32(4)29-21-15-7-6-10-16-24-17-11-8-12-18-24/h8-9,11-14,17-20,29-31,34H,5-7,10,15-16,21-23,28H2,1-4H3. The van der Waals surface area contributed by atoms with E-state index in [0.29, 0.717) is 6.54 Å². The van der Waals surface area contributed by atoms with Gasteiger partial charge in [-0.25, -0.2) is 10.9 Å². The van der Waals surface area contributed by atoms with Gasteiger partial charge in [0.1, 0.15) is 0 Å². The van der Waals surface area contributed by atoms with E-state index in [0.717, 1.165) is 31.4 Å². The Morgan fingerprint density at radius 3 is 2.06 bits per heavy atom. The molecule has 2 rings (SSSR count). The summed E-state index contributed by atoms with van der Waals surface area (Å²) in [4.78, 5) is 0. The van der Waals surface area contributed by atoms with Gasteiger partial charge < -0.3 is 5.11 Å². The third kappa shape index (κ3) is 11.5. The van der Waals surface area contributed by atoms with Crippen LogP contribution in [0.2, 0.25) is 0 Å². The Labute approximate surface area is 206 Å². The van der Waals surface area contributed by atoms with Crippen molar-refractivity contribution in [2.75, 3.05) is 20.1 Å². The monoisotopic (exact) mass is 470 g/mol. The van der Waals surface area contributed by atoms with Gasteiger partial charge in [0.05, 0.1) is 6.54 Å². The second kappa shape index (κ2) is 14.5. The van der Waals surface area contributed by atoms with Crippen LogP contribution in [0.15, 0.2) is 60.7 Å². The van der Waals surface area contributed by atoms with E-state index >= 15 is 0 Å². The average Bonchev–Trinajstić information content (AvgIpc) is 2.81. The molecular weight excluding hydrogens is 424 g/mol. The van der Waals surface area contributed by atoms with E-state index in [1.165, 1.54) is 24.8 Å². The molecule has 2 aromatic rings. The van der Waals surface area contributed by atoms with Crippen LogP contribution >= 0.6 is 0 Å². The molecule has 6 N–H and O–H groups in total. The highest BCUT2D eigenvalue weighted by Gasteiger charge is 2.32. The lowest BCUT2D eigenvalue weighted by Gasteiger charge is -2.41. The minimum absolute atomic E-state index is 0.170. The molecular formula is C27H46N6O. The molecule has 0 aliphatic rings. The molecule has 1 unspecified atom stereocenters. The number of unbranched alkanes of at least 4 members (excludes halogenated alkanes) is 3. The highest BCUT2D eigenvalue weighted by Crippen LogP contribution is 2.12. The molecule has 190 valence electrons. The molecule has 0 amide bonds. The van der Waals surface area contributed by atoms with Gasteiger partial charge in [-0.1, -0.05) is 80.4 Å². The van der Waals surface area contributed by atoms with E-state index in [9.17, 15) is 5.11 Å². The zero-order valence-corrected chi connectivity index (χ0v) is 21.6. The van der Waals surface area contributed by atoms with Gasteiger partial charge in [-0.15, -0.1) is 0 Å². The number of nitrogens with zero attached hydrogens (tertiary/aromatic N) is 2. The van der Waals surface area contributed by atoms with Crippen molar-refractivity contribution < 1.29 is 5.11 Å². The van der Waals surface area contributed by atoms with Crippen LogP contribution in [0.4, 0.5) is 0 Å². The van der Waals surface area contributed by atoms with Crippen molar-refractivity contribution in [3.8, 4) is 0 Å². The molecule has 2 aromatic carbocycles. The first-order valence-electron chi connectivity index (χ1n) is 12.6. The first-order chi connectivity index (χ1) is 16.2. The van der Waals surface area contributed by atoms with Crippen LogP contribution in [0, 0.1) is 0 Å². The Kier molecular flexibility index (Phi) is 12.1. The molecule has 0 aromatic heterocycles. The summed E-state index contributed by atoms with van der Waals surface area (Å²) >= 11 is 0. The number of benzene rings is 2. The van der Waals surface area contributed by atoms with Gasteiger partial charge in [0.2, 0.25) is 0 Å². The fourth-order valence-corrected chi connectivity index (χ4v) is 3.77. The average molecular weight is 471 g/mol. The zero-order chi connectivity index (χ0) is 24.9. The number of hydrazine groups is 3. The molecule has 0 radical (unpaired) electrons. The molecule has 34 heavy (non-hydrogen) atoms. The first kappa shape index (κ1) is 28.4. The minimum atomic E-state index is -1.56. The molecule has 7 nitrogen and oxygen atoms in total. The molecule has 0 bridgehead atoms. The van der Waals surface area contributed by atoms with Crippen LogP contribution < -0.4 is 21.9 Å². The number of aryl methyl sites for hydroxylation is 1. The summed E-state index contributed by atoms with van der Waals surface area (Å²) < 4.78 is 0. The van der Waals surface area contributed by atoms with Crippen LogP contribution in [0.5, 0.6) is 0 Å². The lowest BCUT2D eigenvalue weighted by Crippen LogP contribution is -2.69. The number of rotatable bonds is 17. The summed E-state index contributed by atoms with van der Waals surface area (Å²) in [5, 5.41) is 17.8. The van der Waals surface area contributed by atoms with E-state index < -0.39 is 5.85 Å². The summed E-state index contributed by atoms with van der Waals surface area (Å²) in [6.07, 6.45) is 6.68. The maximum atomic E-state index is 10.9. The Hall–Kier alpha value is -1.84. The lowest BCUT2D eigenvalue weighted by molar-refractivity contribution is -0.150. The van der Waals surface area contributed by atoms with Crippen LogP contribution in [0.3, 0.4) is 0 Å². The molecule has 0 aliphatic heterocycles. The lowest BCUT2D eigenvalue weighted by atomic mass is 10.0. The smallest absolute Gasteiger partial charge is 0.185 e. The maximum absolute atomic E-state index is 10.9. The number of nitrogens with one attached hydrogen (secondary N) is 3. The van der Waals surface area contributed by atoms with Crippen molar-refractivity contribution in [3.63, 3.8) is 0 Å². The number of aliphatic hydroxyl groups is 1. The first-order valence-corrected chi connectivity index (χ1v) is 12.6. The van der Waals surface area contributed by atoms with Crippen LogP contribution in [0.25, 0.3) is 0 Å². The summed E-state index contributed by atoms with van der Waals surface area (Å²) in [6, 6.07) is 20.9. The summed E-state index contributed by atoms with van der Waals surface area (Å²) in [7, 11) is 1.94. The van der Waals surface area contributed by atoms with Gasteiger partial charge in [-0.3, -0.25) is 11.1 Å². The number of hydrogen-bond donors (Lipinski definition) is 5. The van der Waals surface area contributed by atoms with Crippen LogP contribution in [-0.4, -0.2) is 46.9 Å². The Balaban J connectivity index is 1.80. The van der Waals surface area contributed by atoms with Gasteiger partial charge in [-0.2, -0.15) is 10.2 Å². The quantitative estimate of drug-likeness (QED) is 0.137. The Bertz CT molecular complexity index is 784. The van der Waals surface area contributed by atoms with Gasteiger partial charge in [0.15, 0.2) is 5.85 Å². The SMILES string of the molecule is CCC(C)(C)NC(N)(O)CN(NCc1ccccc1)N(C)NCCCCCCc1ccccc1. The van der Waals surface area contributed by atoms with Gasteiger partial charge in [-0.05, 0) is 50.7 Å². The van der Waals surface area contributed by atoms with Crippen molar-refractivity contribution in [2.24, 2.45) is 5.73 Å². The third-order valence-corrected chi connectivity index (χ3v) is 6.08. The van der Waals surface area contributed by atoms with E-state index in [4.69, 9.17) is 5.73 Å². The fraction of sp³-hybridized carbons (Fsp3) is 0.556. The minimum Gasteiger partial charge on any atom is -0.362 e. The van der Waals surface area contributed by atoms with Crippen molar-refractivity contribution in [1.82, 2.24) is 26.4 Å². The second-order valence-electron chi connectivity index (χ2n) is 9.75. The number of nitrogens with two attached hydrogens (primary N) is 1. The van der Waals surface area contributed by atoms with Crippen molar-refractivity contribution in [3.05, 3.63) is 71.8 Å². The predicted octanol–water partition coefficient (Wildman–Crippen LogP) is 3.53. The van der Waals surface area contributed by atoms with E-state index in [-0.39, 0.29) is 12.1 Å². The van der Waals surface area contributed by atoms with Crippen LogP contribution in [-0.2, 0) is 13.0 Å². The van der Waals surface area contributed by atoms with Gasteiger partial charge in [0, 0.05) is 25.7 Å². The molecule has 0 spiro atoms. The van der Waals surface area contributed by atoms with Gasteiger partial charge >= 0.3 is 0 Å². The fourth-order valence-electron chi connectivity index (χ4n) is 3.77. The normalized spacial score (nSPS) is 14.0. The summed E-state index contributed by atoms with van der Waals surface area (Å²) in [6.45, 7) is 7.78. The second-order valence-corrected chi connectivity index (χ2v) is 9.75. The van der Waals surface area contributed by atoms with Crippen LogP contribution in [0.1, 0.15) is 64.0 Å². The third-order valence-electron chi connectivity index (χ3n) is 6.08. The van der Waals surface area contributed by atoms with E-state index in [2.05, 4.69) is 65.6 Å². The Morgan fingerprint density at radius 2 is 1.44 bits per heavy atom. The summed E-state index contributed by atoms with van der Waals surface area (Å²) in [5.41, 5.74) is 15.4. The van der Waals surface area contributed by atoms with E-state index in [1.54, 1.807) is 0 Å². The molecule has 0 aliphatic carbocycles. The largest absolute Gasteiger partial charge is 0.362 e.